The molecule has 1 saturated heterocycles. The second kappa shape index (κ2) is 7.09. The Labute approximate surface area is 191 Å². The molecule has 0 unspecified atom stereocenters. The van der Waals surface area contributed by atoms with Crippen molar-refractivity contribution in [3.63, 3.8) is 0 Å². The minimum atomic E-state index is -4.46. The number of pyridine rings is 1. The monoisotopic (exact) mass is 467 g/mol. The fraction of sp³-hybridized carbons (Fsp3) is 0.292. The van der Waals surface area contributed by atoms with Gasteiger partial charge in [0.2, 0.25) is 0 Å². The zero-order valence-corrected chi connectivity index (χ0v) is 18.1. The van der Waals surface area contributed by atoms with E-state index in [9.17, 15) is 18.0 Å². The Morgan fingerprint density at radius 3 is 2.79 bits per heavy atom. The lowest BCUT2D eigenvalue weighted by Crippen LogP contribution is -2.44. The van der Waals surface area contributed by atoms with E-state index in [1.54, 1.807) is 41.0 Å². The van der Waals surface area contributed by atoms with E-state index in [1.165, 1.54) is 6.07 Å². The van der Waals surface area contributed by atoms with Crippen molar-refractivity contribution in [2.24, 2.45) is 7.05 Å². The topological polar surface area (TPSA) is 86.3 Å². The van der Waals surface area contributed by atoms with E-state index >= 15 is 0 Å². The number of halogens is 3. The van der Waals surface area contributed by atoms with Crippen molar-refractivity contribution < 1.29 is 22.7 Å². The van der Waals surface area contributed by atoms with Crippen LogP contribution in [0, 0.1) is 0 Å². The van der Waals surface area contributed by atoms with Crippen molar-refractivity contribution in [3.8, 4) is 5.75 Å². The molecule has 1 fully saturated rings. The molecule has 0 spiro atoms. The highest BCUT2D eigenvalue weighted by Crippen LogP contribution is 2.47. The normalized spacial score (nSPS) is 19.8. The molecule has 0 bridgehead atoms. The fourth-order valence-electron chi connectivity index (χ4n) is 5.16. The highest BCUT2D eigenvalue weighted by molar-refractivity contribution is 6.10. The average Bonchev–Trinajstić information content (AvgIpc) is 3.38. The summed E-state index contributed by atoms with van der Waals surface area (Å²) in [5.41, 5.74) is 7.80. The molecule has 4 aromatic rings. The number of rotatable bonds is 1. The lowest BCUT2D eigenvalue weighted by Gasteiger charge is -2.36. The fourth-order valence-corrected chi connectivity index (χ4v) is 5.16. The minimum Gasteiger partial charge on any atom is -0.488 e. The van der Waals surface area contributed by atoms with Crippen LogP contribution in [-0.2, 0) is 13.2 Å². The Bertz CT molecular complexity index is 1480. The average molecular weight is 467 g/mol. The maximum atomic E-state index is 13.7. The van der Waals surface area contributed by atoms with E-state index in [1.807, 2.05) is 0 Å². The van der Waals surface area contributed by atoms with Gasteiger partial charge in [-0.25, -0.2) is 4.98 Å². The molecule has 2 aromatic carbocycles. The zero-order chi connectivity index (χ0) is 23.8. The van der Waals surface area contributed by atoms with Crippen molar-refractivity contribution in [1.29, 1.82) is 0 Å². The Morgan fingerprint density at radius 2 is 2.00 bits per heavy atom. The number of fused-ring (bicyclic) bond motifs is 6. The summed E-state index contributed by atoms with van der Waals surface area (Å²) in [7, 11) is 1.80. The summed E-state index contributed by atoms with van der Waals surface area (Å²) in [6.07, 6.45) is -1.82. The standard InChI is InChI=1S/C24H20F3N5O2/c1-31-20-15-9-12(4-7-17(15)30-22(28)16(20)11-29-31)23(33)32-8-2-3-18-21(32)14-6-5-13(24(25,26)27)10-19(14)34-18/h4-7,9-11,18,21H,2-3,8H2,1H3,(H2,28,30)/t18-,21-/m0/s1. The van der Waals surface area contributed by atoms with Gasteiger partial charge in [-0.15, -0.1) is 0 Å². The van der Waals surface area contributed by atoms with Gasteiger partial charge in [0, 0.05) is 30.1 Å². The Kier molecular flexibility index (Phi) is 4.33. The molecule has 7 nitrogen and oxygen atoms in total. The maximum Gasteiger partial charge on any atom is 0.416 e. The molecule has 0 aliphatic carbocycles. The second-order valence-corrected chi connectivity index (χ2v) is 8.75. The number of aryl methyl sites for hydroxylation is 1. The summed E-state index contributed by atoms with van der Waals surface area (Å²) in [6, 6.07) is 8.31. The van der Waals surface area contributed by atoms with Crippen LogP contribution in [0.4, 0.5) is 19.0 Å². The van der Waals surface area contributed by atoms with Crippen molar-refractivity contribution in [3.05, 3.63) is 59.3 Å². The van der Waals surface area contributed by atoms with Crippen molar-refractivity contribution in [2.75, 3.05) is 12.3 Å². The van der Waals surface area contributed by atoms with Crippen LogP contribution in [0.2, 0.25) is 0 Å². The quantitative estimate of drug-likeness (QED) is 0.447. The number of aromatic nitrogens is 3. The SMILES string of the molecule is Cn1ncc2c(N)nc3ccc(C(=O)N4CCC[C@@H]5Oc6cc(C(F)(F)F)ccc6[C@@H]54)cc3c21. The molecule has 2 aliphatic rings. The molecule has 0 radical (unpaired) electrons. The number of ether oxygens (including phenoxy) is 1. The third kappa shape index (κ3) is 3.01. The predicted molar refractivity (Wildman–Crippen MR) is 119 cm³/mol. The number of likely N-dealkylation sites (tertiary alicyclic amines) is 1. The summed E-state index contributed by atoms with van der Waals surface area (Å²) in [4.78, 5) is 19.8. The van der Waals surface area contributed by atoms with E-state index in [2.05, 4.69) is 10.1 Å². The molecule has 1 amide bonds. The summed E-state index contributed by atoms with van der Waals surface area (Å²) >= 11 is 0. The van der Waals surface area contributed by atoms with Gasteiger partial charge in [0.1, 0.15) is 17.7 Å². The third-order valence-electron chi connectivity index (χ3n) is 6.73. The number of hydrogen-bond donors (Lipinski definition) is 1. The number of nitrogens with zero attached hydrogens (tertiary/aromatic N) is 4. The second-order valence-electron chi connectivity index (χ2n) is 8.75. The first-order valence-electron chi connectivity index (χ1n) is 10.9. The molecule has 2 aromatic heterocycles. The number of nitrogens with two attached hydrogens (primary N) is 1. The number of hydrogen-bond acceptors (Lipinski definition) is 5. The number of piperidine rings is 1. The predicted octanol–water partition coefficient (Wildman–Crippen LogP) is 4.46. The van der Waals surface area contributed by atoms with E-state index in [-0.39, 0.29) is 17.8 Å². The van der Waals surface area contributed by atoms with Gasteiger partial charge in [-0.3, -0.25) is 9.48 Å². The molecule has 2 aliphatic heterocycles. The van der Waals surface area contributed by atoms with E-state index in [0.717, 1.165) is 23.0 Å². The van der Waals surface area contributed by atoms with Crippen LogP contribution in [0.3, 0.4) is 0 Å². The first kappa shape index (κ1) is 20.8. The van der Waals surface area contributed by atoms with Gasteiger partial charge in [-0.1, -0.05) is 6.07 Å². The van der Waals surface area contributed by atoms with Crippen LogP contribution in [0.5, 0.6) is 5.75 Å². The van der Waals surface area contributed by atoms with Gasteiger partial charge in [0.25, 0.3) is 5.91 Å². The Hall–Kier alpha value is -3.82. The van der Waals surface area contributed by atoms with Crippen LogP contribution in [0.1, 0.15) is 40.4 Å². The minimum absolute atomic E-state index is 0.194. The van der Waals surface area contributed by atoms with Gasteiger partial charge in [-0.05, 0) is 43.2 Å². The number of carbonyl (C=O) groups is 1. The molecule has 2 atom stereocenters. The lowest BCUT2D eigenvalue weighted by molar-refractivity contribution is -0.137. The van der Waals surface area contributed by atoms with Crippen LogP contribution < -0.4 is 10.5 Å². The first-order valence-corrected chi connectivity index (χ1v) is 10.9. The molecule has 10 heteroatoms. The molecule has 2 N–H and O–H groups in total. The van der Waals surface area contributed by atoms with Gasteiger partial charge >= 0.3 is 6.18 Å². The highest BCUT2D eigenvalue weighted by Gasteiger charge is 2.44. The zero-order valence-electron chi connectivity index (χ0n) is 18.1. The molecular formula is C24H20F3N5O2. The number of amides is 1. The Balaban J connectivity index is 1.41. The van der Waals surface area contributed by atoms with E-state index in [0.29, 0.717) is 47.2 Å². The number of anilines is 1. The largest absolute Gasteiger partial charge is 0.488 e. The van der Waals surface area contributed by atoms with Crippen molar-refractivity contribution >= 4 is 33.5 Å². The lowest BCUT2D eigenvalue weighted by atomic mass is 9.93. The third-order valence-corrected chi connectivity index (χ3v) is 6.73. The number of benzene rings is 2. The van der Waals surface area contributed by atoms with E-state index < -0.39 is 17.8 Å². The van der Waals surface area contributed by atoms with Gasteiger partial charge < -0.3 is 15.4 Å². The van der Waals surface area contributed by atoms with Gasteiger partial charge in [-0.2, -0.15) is 18.3 Å². The van der Waals surface area contributed by atoms with E-state index in [4.69, 9.17) is 10.5 Å². The number of alkyl halides is 3. The highest BCUT2D eigenvalue weighted by atomic mass is 19.4. The molecular weight excluding hydrogens is 447 g/mol. The maximum absolute atomic E-state index is 13.7. The first-order chi connectivity index (χ1) is 16.2. The molecule has 34 heavy (non-hydrogen) atoms. The summed E-state index contributed by atoms with van der Waals surface area (Å²) in [5.74, 6) is 0.353. The van der Waals surface area contributed by atoms with Gasteiger partial charge in [0.05, 0.1) is 34.2 Å². The van der Waals surface area contributed by atoms with Crippen LogP contribution in [0.25, 0.3) is 21.8 Å². The summed E-state index contributed by atoms with van der Waals surface area (Å²) in [5, 5.41) is 5.72. The number of carbonyl (C=O) groups excluding carboxylic acids is 1. The summed E-state index contributed by atoms with van der Waals surface area (Å²) < 4.78 is 47.1. The smallest absolute Gasteiger partial charge is 0.416 e. The van der Waals surface area contributed by atoms with Gasteiger partial charge in [0.15, 0.2) is 0 Å². The molecule has 4 heterocycles. The van der Waals surface area contributed by atoms with Crippen LogP contribution in [-0.4, -0.2) is 38.2 Å². The van der Waals surface area contributed by atoms with Crippen molar-refractivity contribution in [2.45, 2.75) is 31.2 Å². The molecule has 0 saturated carbocycles. The van der Waals surface area contributed by atoms with Crippen molar-refractivity contribution in [1.82, 2.24) is 19.7 Å². The molecule has 174 valence electrons. The Morgan fingerprint density at radius 1 is 1.18 bits per heavy atom. The number of nitrogen functional groups attached to an aromatic ring is 1. The molecule has 6 rings (SSSR count). The van der Waals surface area contributed by atoms with Crippen LogP contribution in [0.15, 0.2) is 42.6 Å². The van der Waals surface area contributed by atoms with Crippen LogP contribution >= 0.6 is 0 Å². The summed E-state index contributed by atoms with van der Waals surface area (Å²) in [6.45, 7) is 0.489.